The molecule has 1 aromatic rings. The molecule has 5 heteroatoms. The lowest BCUT2D eigenvalue weighted by Gasteiger charge is -2.58. The molecule has 0 aromatic carbocycles. The second-order valence-electron chi connectivity index (χ2n) is 9.70. The molecule has 1 N–H and O–H groups in total. The fourth-order valence-electron chi connectivity index (χ4n) is 7.31. The summed E-state index contributed by atoms with van der Waals surface area (Å²) in [5, 5.41) is 3.22. The van der Waals surface area contributed by atoms with E-state index < -0.39 is 0 Å². The van der Waals surface area contributed by atoms with Crippen LogP contribution in [0.3, 0.4) is 0 Å². The first-order chi connectivity index (χ1) is 12.9. The number of aromatic nitrogens is 2. The lowest BCUT2D eigenvalue weighted by Crippen LogP contribution is -2.59. The Morgan fingerprint density at radius 3 is 2.81 bits per heavy atom. The Labute approximate surface area is 160 Å². The van der Waals surface area contributed by atoms with Gasteiger partial charge in [0, 0.05) is 29.8 Å². The second-order valence-corrected chi connectivity index (χ2v) is 9.70. The number of amides is 1. The Morgan fingerprint density at radius 2 is 2.04 bits per heavy atom. The molecular weight excluding hydrogens is 338 g/mol. The molecule has 0 radical (unpaired) electrons. The van der Waals surface area contributed by atoms with Crippen molar-refractivity contribution < 1.29 is 9.59 Å². The molecule has 3 fully saturated rings. The van der Waals surface area contributed by atoms with Gasteiger partial charge in [-0.1, -0.05) is 19.9 Å². The normalized spacial score (nSPS) is 45.6. The van der Waals surface area contributed by atoms with Crippen LogP contribution in [0.2, 0.25) is 0 Å². The van der Waals surface area contributed by atoms with Crippen LogP contribution in [-0.4, -0.2) is 27.4 Å². The predicted molar refractivity (Wildman–Crippen MR) is 102 cm³/mol. The van der Waals surface area contributed by atoms with Crippen molar-refractivity contribution in [2.45, 2.75) is 58.4 Å². The SMILES string of the molecule is CC12C=CC(=O)NC1CCC1C2CCC2(C)C(C(=O)n3ccnc3)CCC12. The quantitative estimate of drug-likeness (QED) is 0.827. The average Bonchev–Trinajstić information content (AvgIpc) is 3.29. The first kappa shape index (κ1) is 17.2. The van der Waals surface area contributed by atoms with Gasteiger partial charge in [0.2, 0.25) is 11.8 Å². The lowest BCUT2D eigenvalue weighted by molar-refractivity contribution is -0.122. The van der Waals surface area contributed by atoms with Crippen molar-refractivity contribution in [2.24, 2.45) is 34.5 Å². The van der Waals surface area contributed by atoms with E-state index in [4.69, 9.17) is 0 Å². The van der Waals surface area contributed by atoms with Gasteiger partial charge in [-0.05, 0) is 67.8 Å². The lowest BCUT2D eigenvalue weighted by atomic mass is 9.48. The van der Waals surface area contributed by atoms with Crippen LogP contribution in [0, 0.1) is 34.5 Å². The highest BCUT2D eigenvalue weighted by Crippen LogP contribution is 2.65. The number of carbonyl (C=O) groups is 2. The number of carbonyl (C=O) groups excluding carboxylic acids is 2. The van der Waals surface area contributed by atoms with E-state index >= 15 is 0 Å². The third-order valence-corrected chi connectivity index (χ3v) is 8.74. The fourth-order valence-corrected chi connectivity index (χ4v) is 7.31. The van der Waals surface area contributed by atoms with Crippen molar-refractivity contribution in [1.82, 2.24) is 14.9 Å². The van der Waals surface area contributed by atoms with Gasteiger partial charge < -0.3 is 5.32 Å². The number of fused-ring (bicyclic) bond motifs is 5. The van der Waals surface area contributed by atoms with Crippen LogP contribution >= 0.6 is 0 Å². The van der Waals surface area contributed by atoms with Crippen LogP contribution < -0.4 is 5.32 Å². The first-order valence-electron chi connectivity index (χ1n) is 10.5. The zero-order valence-electron chi connectivity index (χ0n) is 16.2. The summed E-state index contributed by atoms with van der Waals surface area (Å²) in [5.41, 5.74) is 0.151. The van der Waals surface area contributed by atoms with E-state index in [2.05, 4.69) is 30.2 Å². The maximum atomic E-state index is 13.1. The maximum absolute atomic E-state index is 13.1. The van der Waals surface area contributed by atoms with E-state index in [1.807, 2.05) is 0 Å². The maximum Gasteiger partial charge on any atom is 0.243 e. The minimum absolute atomic E-state index is 0.0587. The molecule has 0 bridgehead atoms. The monoisotopic (exact) mass is 367 g/mol. The summed E-state index contributed by atoms with van der Waals surface area (Å²) in [7, 11) is 0. The van der Waals surface area contributed by atoms with Crippen LogP contribution in [0.5, 0.6) is 0 Å². The summed E-state index contributed by atoms with van der Waals surface area (Å²) in [6.07, 6.45) is 15.7. The van der Waals surface area contributed by atoms with Crippen LogP contribution in [0.1, 0.15) is 57.2 Å². The van der Waals surface area contributed by atoms with Crippen LogP contribution in [0.15, 0.2) is 30.9 Å². The molecule has 7 atom stereocenters. The van der Waals surface area contributed by atoms with Crippen molar-refractivity contribution in [3.05, 3.63) is 30.9 Å². The second kappa shape index (κ2) is 5.79. The van der Waals surface area contributed by atoms with E-state index in [1.54, 1.807) is 29.4 Å². The van der Waals surface area contributed by atoms with Crippen molar-refractivity contribution in [2.75, 3.05) is 0 Å². The Kier molecular flexibility index (Phi) is 3.69. The van der Waals surface area contributed by atoms with Gasteiger partial charge in [0.15, 0.2) is 0 Å². The summed E-state index contributed by atoms with van der Waals surface area (Å²) >= 11 is 0. The predicted octanol–water partition coefficient (Wildman–Crippen LogP) is 3.44. The summed E-state index contributed by atoms with van der Waals surface area (Å²) in [4.78, 5) is 29.0. The van der Waals surface area contributed by atoms with E-state index in [0.717, 1.165) is 32.1 Å². The highest BCUT2D eigenvalue weighted by molar-refractivity contribution is 5.89. The molecule has 1 aliphatic heterocycles. The first-order valence-corrected chi connectivity index (χ1v) is 10.5. The Bertz CT molecular complexity index is 800. The van der Waals surface area contributed by atoms with E-state index in [9.17, 15) is 9.59 Å². The zero-order chi connectivity index (χ0) is 18.8. The standard InChI is InChI=1S/C22H29N3O2/c1-21-9-7-16-14(3-6-18-22(16,2)10-8-19(26)24-18)15(21)4-5-17(21)20(27)25-12-11-23-13-25/h8,10-18H,3-7,9H2,1-2H3,(H,24,26). The van der Waals surface area contributed by atoms with E-state index in [-0.39, 0.29) is 34.6 Å². The molecule has 27 heavy (non-hydrogen) atoms. The van der Waals surface area contributed by atoms with Crippen molar-refractivity contribution in [3.8, 4) is 0 Å². The molecular formula is C22H29N3O2. The van der Waals surface area contributed by atoms with Gasteiger partial charge in [-0.3, -0.25) is 14.2 Å². The molecule has 7 unspecified atom stereocenters. The minimum Gasteiger partial charge on any atom is -0.349 e. The molecule has 1 aromatic heterocycles. The third kappa shape index (κ3) is 2.33. The van der Waals surface area contributed by atoms with Gasteiger partial charge in [0.25, 0.3) is 0 Å². The number of hydrogen-bond donors (Lipinski definition) is 1. The number of hydrogen-bond acceptors (Lipinski definition) is 3. The van der Waals surface area contributed by atoms with E-state index in [0.29, 0.717) is 17.8 Å². The summed E-state index contributed by atoms with van der Waals surface area (Å²) < 4.78 is 1.68. The topological polar surface area (TPSA) is 64.0 Å². The molecule has 4 aliphatic rings. The third-order valence-electron chi connectivity index (χ3n) is 8.74. The number of rotatable bonds is 1. The largest absolute Gasteiger partial charge is 0.349 e. The van der Waals surface area contributed by atoms with Crippen LogP contribution in [0.25, 0.3) is 0 Å². The summed E-state index contributed by atoms with van der Waals surface area (Å²) in [6, 6.07) is 0.269. The smallest absolute Gasteiger partial charge is 0.243 e. The van der Waals surface area contributed by atoms with Gasteiger partial charge in [0.1, 0.15) is 6.33 Å². The highest BCUT2D eigenvalue weighted by atomic mass is 16.2. The summed E-state index contributed by atoms with van der Waals surface area (Å²) in [6.45, 7) is 4.71. The average molecular weight is 367 g/mol. The van der Waals surface area contributed by atoms with Crippen LogP contribution in [-0.2, 0) is 4.79 Å². The molecule has 144 valence electrons. The number of imidazole rings is 1. The molecule has 3 aliphatic carbocycles. The minimum atomic E-state index is 0.0587. The molecule has 0 saturated heterocycles. The van der Waals surface area contributed by atoms with Gasteiger partial charge >= 0.3 is 0 Å². The Balaban J connectivity index is 1.44. The fraction of sp³-hybridized carbons (Fsp3) is 0.682. The van der Waals surface area contributed by atoms with Gasteiger partial charge in [-0.25, -0.2) is 4.98 Å². The van der Waals surface area contributed by atoms with Gasteiger partial charge in [0.05, 0.1) is 0 Å². The van der Waals surface area contributed by atoms with Crippen molar-refractivity contribution in [3.63, 3.8) is 0 Å². The van der Waals surface area contributed by atoms with Gasteiger partial charge in [-0.2, -0.15) is 0 Å². The Morgan fingerprint density at radius 1 is 1.19 bits per heavy atom. The van der Waals surface area contributed by atoms with Crippen molar-refractivity contribution in [1.29, 1.82) is 0 Å². The molecule has 0 spiro atoms. The van der Waals surface area contributed by atoms with Crippen LogP contribution in [0.4, 0.5) is 0 Å². The van der Waals surface area contributed by atoms with Gasteiger partial charge in [-0.15, -0.1) is 0 Å². The number of nitrogens with zero attached hydrogens (tertiary/aromatic N) is 2. The highest BCUT2D eigenvalue weighted by Gasteiger charge is 2.60. The molecule has 1 amide bonds. The molecule has 2 heterocycles. The van der Waals surface area contributed by atoms with Crippen molar-refractivity contribution >= 4 is 11.8 Å². The Hall–Kier alpha value is -1.91. The zero-order valence-corrected chi connectivity index (χ0v) is 16.2. The molecule has 3 saturated carbocycles. The molecule has 5 rings (SSSR count). The summed E-state index contributed by atoms with van der Waals surface area (Å²) in [5.74, 6) is 2.25. The van der Waals surface area contributed by atoms with E-state index in [1.165, 1.54) is 6.42 Å². The molecule has 5 nitrogen and oxygen atoms in total. The number of nitrogens with one attached hydrogen (secondary N) is 1.